The lowest BCUT2D eigenvalue weighted by Gasteiger charge is -2.06. The minimum atomic E-state index is -0.424. The number of anilines is 1. The molecule has 5 heteroatoms. The molecule has 0 aliphatic carbocycles. The molecule has 1 amide bonds. The van der Waals surface area contributed by atoms with Crippen molar-refractivity contribution in [1.29, 1.82) is 0 Å². The van der Waals surface area contributed by atoms with Crippen LogP contribution < -0.4 is 5.32 Å². The van der Waals surface area contributed by atoms with Crippen molar-refractivity contribution in [2.45, 2.75) is 20.3 Å². The molecule has 0 fully saturated rings. The van der Waals surface area contributed by atoms with Gasteiger partial charge >= 0.3 is 5.97 Å². The normalized spacial score (nSPS) is 10.2. The molecule has 0 saturated heterocycles. The number of thiophene rings is 1. The first kappa shape index (κ1) is 15.3. The Bertz CT molecular complexity index is 662. The smallest absolute Gasteiger partial charge is 0.341 e. The van der Waals surface area contributed by atoms with Gasteiger partial charge in [-0.05, 0) is 31.0 Å². The van der Waals surface area contributed by atoms with Crippen molar-refractivity contribution in [3.63, 3.8) is 0 Å². The third-order valence-electron chi connectivity index (χ3n) is 3.22. The van der Waals surface area contributed by atoms with Crippen LogP contribution in [0.1, 0.15) is 38.1 Å². The van der Waals surface area contributed by atoms with E-state index in [0.717, 1.165) is 16.9 Å². The Morgan fingerprint density at radius 1 is 1.24 bits per heavy atom. The highest BCUT2D eigenvalue weighted by atomic mass is 32.1. The Balaban J connectivity index is 2.35. The van der Waals surface area contributed by atoms with Crippen LogP contribution in [0.4, 0.5) is 5.00 Å². The quantitative estimate of drug-likeness (QED) is 0.877. The molecular formula is C16H17NO3S. The Morgan fingerprint density at radius 2 is 1.90 bits per heavy atom. The van der Waals surface area contributed by atoms with Crippen molar-refractivity contribution < 1.29 is 14.3 Å². The van der Waals surface area contributed by atoms with Gasteiger partial charge in [-0.3, -0.25) is 4.79 Å². The summed E-state index contributed by atoms with van der Waals surface area (Å²) in [5.74, 6) is -0.656. The minimum absolute atomic E-state index is 0.232. The van der Waals surface area contributed by atoms with Crippen LogP contribution in [0.15, 0.2) is 30.3 Å². The Kier molecular flexibility index (Phi) is 4.75. The number of amides is 1. The summed E-state index contributed by atoms with van der Waals surface area (Å²) in [6.45, 7) is 3.89. The first-order valence-corrected chi connectivity index (χ1v) is 7.47. The number of benzene rings is 1. The molecule has 1 aromatic heterocycles. The minimum Gasteiger partial charge on any atom is -0.465 e. The summed E-state index contributed by atoms with van der Waals surface area (Å²) in [7, 11) is 1.34. The molecule has 1 N–H and O–H groups in total. The second kappa shape index (κ2) is 6.54. The molecule has 110 valence electrons. The van der Waals surface area contributed by atoms with Crippen LogP contribution in [0.5, 0.6) is 0 Å². The molecule has 2 rings (SSSR count). The van der Waals surface area contributed by atoms with Gasteiger partial charge in [0, 0.05) is 10.4 Å². The summed E-state index contributed by atoms with van der Waals surface area (Å²) in [5.41, 5.74) is 1.87. The fraction of sp³-hybridized carbons (Fsp3) is 0.250. The number of methoxy groups -OCH3 is 1. The van der Waals surface area contributed by atoms with Crippen LogP contribution in [0.3, 0.4) is 0 Å². The van der Waals surface area contributed by atoms with Crippen molar-refractivity contribution in [1.82, 2.24) is 0 Å². The zero-order valence-corrected chi connectivity index (χ0v) is 13.0. The highest BCUT2D eigenvalue weighted by Gasteiger charge is 2.22. The van der Waals surface area contributed by atoms with E-state index >= 15 is 0 Å². The monoisotopic (exact) mass is 303 g/mol. The molecule has 1 heterocycles. The Morgan fingerprint density at radius 3 is 2.48 bits per heavy atom. The zero-order valence-electron chi connectivity index (χ0n) is 12.2. The summed E-state index contributed by atoms with van der Waals surface area (Å²) in [6, 6.07) is 8.91. The third-order valence-corrected chi connectivity index (χ3v) is 4.57. The number of carbonyl (C=O) groups excluding carboxylic acids is 2. The number of nitrogens with one attached hydrogen (secondary N) is 1. The fourth-order valence-corrected chi connectivity index (χ4v) is 3.23. The lowest BCUT2D eigenvalue weighted by Crippen LogP contribution is -2.14. The van der Waals surface area contributed by atoms with Crippen LogP contribution >= 0.6 is 11.3 Å². The largest absolute Gasteiger partial charge is 0.465 e. The molecule has 0 atom stereocenters. The second-order valence-corrected chi connectivity index (χ2v) is 5.62. The summed E-state index contributed by atoms with van der Waals surface area (Å²) in [6.07, 6.45) is 0.807. The van der Waals surface area contributed by atoms with Crippen LogP contribution in [0.2, 0.25) is 0 Å². The maximum absolute atomic E-state index is 12.2. The molecule has 1 aromatic carbocycles. The molecule has 0 radical (unpaired) electrons. The van der Waals surface area contributed by atoms with Crippen molar-refractivity contribution in [3.05, 3.63) is 51.9 Å². The number of aryl methyl sites for hydroxylation is 1. The summed E-state index contributed by atoms with van der Waals surface area (Å²) >= 11 is 1.42. The predicted octanol–water partition coefficient (Wildman–Crippen LogP) is 3.66. The topological polar surface area (TPSA) is 55.4 Å². The van der Waals surface area contributed by atoms with E-state index in [9.17, 15) is 9.59 Å². The molecule has 0 unspecified atom stereocenters. The van der Waals surface area contributed by atoms with Gasteiger partial charge in [0.25, 0.3) is 5.91 Å². The van der Waals surface area contributed by atoms with Gasteiger partial charge in [-0.1, -0.05) is 25.1 Å². The molecule has 0 bridgehead atoms. The standard InChI is InChI=1S/C16H17NO3S/c1-4-12-10(2)13(16(19)20-3)15(21-12)17-14(18)11-8-6-5-7-9-11/h5-9H,4H2,1-3H3,(H,17,18). The first-order chi connectivity index (χ1) is 10.1. The number of rotatable bonds is 4. The van der Waals surface area contributed by atoms with E-state index in [4.69, 9.17) is 4.74 Å². The average molecular weight is 303 g/mol. The Labute approximate surface area is 127 Å². The summed E-state index contributed by atoms with van der Waals surface area (Å²) < 4.78 is 4.82. The predicted molar refractivity (Wildman–Crippen MR) is 84.2 cm³/mol. The SMILES string of the molecule is CCc1sc(NC(=O)c2ccccc2)c(C(=O)OC)c1C. The average Bonchev–Trinajstić information content (AvgIpc) is 2.83. The van der Waals surface area contributed by atoms with E-state index in [1.54, 1.807) is 24.3 Å². The third kappa shape index (κ3) is 3.13. The van der Waals surface area contributed by atoms with Gasteiger partial charge in [-0.25, -0.2) is 4.79 Å². The number of hydrogen-bond acceptors (Lipinski definition) is 4. The molecule has 0 spiro atoms. The fourth-order valence-electron chi connectivity index (χ4n) is 2.10. The first-order valence-electron chi connectivity index (χ1n) is 6.65. The maximum Gasteiger partial charge on any atom is 0.341 e. The van der Waals surface area contributed by atoms with Gasteiger partial charge in [0.2, 0.25) is 0 Å². The molecule has 0 aliphatic rings. The molecule has 21 heavy (non-hydrogen) atoms. The van der Waals surface area contributed by atoms with Crippen molar-refractivity contribution in [2.24, 2.45) is 0 Å². The van der Waals surface area contributed by atoms with Crippen molar-refractivity contribution in [2.75, 3.05) is 12.4 Å². The lowest BCUT2D eigenvalue weighted by atomic mass is 10.1. The number of carbonyl (C=O) groups is 2. The van der Waals surface area contributed by atoms with Crippen LogP contribution in [0.25, 0.3) is 0 Å². The summed E-state index contributed by atoms with van der Waals surface area (Å²) in [5, 5.41) is 3.36. The number of esters is 1. The highest BCUT2D eigenvalue weighted by molar-refractivity contribution is 7.17. The van der Waals surface area contributed by atoms with Crippen LogP contribution in [-0.2, 0) is 11.2 Å². The molecule has 4 nitrogen and oxygen atoms in total. The van der Waals surface area contributed by atoms with Crippen LogP contribution in [0, 0.1) is 6.92 Å². The van der Waals surface area contributed by atoms with Crippen molar-refractivity contribution in [3.8, 4) is 0 Å². The van der Waals surface area contributed by atoms with Gasteiger partial charge in [0.05, 0.1) is 12.7 Å². The van der Waals surface area contributed by atoms with E-state index in [0.29, 0.717) is 16.1 Å². The highest BCUT2D eigenvalue weighted by Crippen LogP contribution is 2.34. The van der Waals surface area contributed by atoms with Gasteiger partial charge in [-0.15, -0.1) is 11.3 Å². The van der Waals surface area contributed by atoms with E-state index in [-0.39, 0.29) is 5.91 Å². The molecular weight excluding hydrogens is 286 g/mol. The second-order valence-electron chi connectivity index (χ2n) is 4.52. The Hall–Kier alpha value is -2.14. The van der Waals surface area contributed by atoms with E-state index < -0.39 is 5.97 Å². The maximum atomic E-state index is 12.2. The molecule has 2 aromatic rings. The molecule has 0 saturated carbocycles. The van der Waals surface area contributed by atoms with Gasteiger partial charge < -0.3 is 10.1 Å². The van der Waals surface area contributed by atoms with Crippen molar-refractivity contribution >= 4 is 28.2 Å². The zero-order chi connectivity index (χ0) is 15.4. The van der Waals surface area contributed by atoms with E-state index in [1.807, 2.05) is 19.9 Å². The van der Waals surface area contributed by atoms with Gasteiger partial charge in [0.15, 0.2) is 0 Å². The summed E-state index contributed by atoms with van der Waals surface area (Å²) in [4.78, 5) is 25.2. The number of hydrogen-bond donors (Lipinski definition) is 1. The van der Waals surface area contributed by atoms with Gasteiger partial charge in [0.1, 0.15) is 5.00 Å². The lowest BCUT2D eigenvalue weighted by molar-refractivity contribution is 0.0601. The molecule has 0 aliphatic heterocycles. The number of ether oxygens (including phenoxy) is 1. The van der Waals surface area contributed by atoms with Gasteiger partial charge in [-0.2, -0.15) is 0 Å². The van der Waals surface area contributed by atoms with E-state index in [1.165, 1.54) is 18.4 Å². The van der Waals surface area contributed by atoms with Crippen LogP contribution in [-0.4, -0.2) is 19.0 Å². The van der Waals surface area contributed by atoms with E-state index in [2.05, 4.69) is 5.32 Å².